The highest BCUT2D eigenvalue weighted by Gasteiger charge is 2.73. The Bertz CT molecular complexity index is 746. The number of carbonyl (C=O) groups is 2. The van der Waals surface area contributed by atoms with E-state index in [0.29, 0.717) is 12.3 Å². The Hall–Kier alpha value is -0.940. The average molecular weight is 421 g/mol. The van der Waals surface area contributed by atoms with Crippen LogP contribution in [-0.4, -0.2) is 42.3 Å². The Morgan fingerprint density at radius 2 is 1.70 bits per heavy atom. The lowest BCUT2D eigenvalue weighted by atomic mass is 9.35. The molecule has 0 amide bonds. The molecule has 0 aromatic carbocycles. The quantitative estimate of drug-likeness (QED) is 0.680. The van der Waals surface area contributed by atoms with Gasteiger partial charge in [-0.25, -0.2) is 0 Å². The van der Waals surface area contributed by atoms with Crippen molar-refractivity contribution < 1.29 is 24.2 Å². The summed E-state index contributed by atoms with van der Waals surface area (Å²) >= 11 is 0. The summed E-state index contributed by atoms with van der Waals surface area (Å²) < 4.78 is 11.7. The third-order valence-corrected chi connectivity index (χ3v) is 10.7. The Morgan fingerprint density at radius 1 is 1.03 bits per heavy atom. The maximum Gasteiger partial charge on any atom is 0.302 e. The van der Waals surface area contributed by atoms with Crippen LogP contribution in [0.5, 0.6) is 0 Å². The van der Waals surface area contributed by atoms with E-state index in [9.17, 15) is 14.7 Å². The summed E-state index contributed by atoms with van der Waals surface area (Å²) in [5, 5.41) is 10.8. The van der Waals surface area contributed by atoms with Crippen molar-refractivity contribution in [3.8, 4) is 0 Å². The number of hydrogen-bond acceptors (Lipinski definition) is 5. The van der Waals surface area contributed by atoms with Crippen LogP contribution in [0, 0.1) is 39.4 Å². The maximum atomic E-state index is 13.6. The SMILES string of the molecule is CO[C@@H]1CC(=O)[C@]2(C)C1[C@H](OC(C)=O)CC1[C@@]3(C)CC[C@H](O)C(C)(C)C3CC[C@]12C. The topological polar surface area (TPSA) is 72.8 Å². The van der Waals surface area contributed by atoms with Crippen molar-refractivity contribution >= 4 is 11.8 Å². The Kier molecular flexibility index (Phi) is 5.03. The van der Waals surface area contributed by atoms with Gasteiger partial charge in [-0.05, 0) is 60.2 Å². The summed E-state index contributed by atoms with van der Waals surface area (Å²) in [7, 11) is 1.67. The van der Waals surface area contributed by atoms with Gasteiger partial charge in [-0.1, -0.05) is 34.6 Å². The molecule has 4 saturated carbocycles. The summed E-state index contributed by atoms with van der Waals surface area (Å²) in [5.74, 6) is 0.542. The molecular weight excluding hydrogens is 380 g/mol. The molecule has 0 saturated heterocycles. The second-order valence-corrected chi connectivity index (χ2v) is 12.0. The van der Waals surface area contributed by atoms with Crippen LogP contribution in [0.1, 0.15) is 80.1 Å². The van der Waals surface area contributed by atoms with Gasteiger partial charge in [0, 0.05) is 31.8 Å². The molecule has 0 bridgehead atoms. The number of esters is 1. The Labute approximate surface area is 181 Å². The number of carbonyl (C=O) groups excluding carboxylic acids is 2. The minimum absolute atomic E-state index is 0.00749. The van der Waals surface area contributed by atoms with E-state index in [2.05, 4.69) is 34.6 Å². The summed E-state index contributed by atoms with van der Waals surface area (Å²) in [4.78, 5) is 25.6. The zero-order chi connectivity index (χ0) is 22.3. The fourth-order valence-electron chi connectivity index (χ4n) is 9.03. The zero-order valence-electron chi connectivity index (χ0n) is 19.8. The predicted molar refractivity (Wildman–Crippen MR) is 114 cm³/mol. The van der Waals surface area contributed by atoms with Crippen LogP contribution in [-0.2, 0) is 19.1 Å². The van der Waals surface area contributed by atoms with E-state index >= 15 is 0 Å². The van der Waals surface area contributed by atoms with Crippen molar-refractivity contribution in [3.05, 3.63) is 0 Å². The molecule has 4 fully saturated rings. The normalized spacial score (nSPS) is 52.2. The first-order valence-corrected chi connectivity index (χ1v) is 11.8. The minimum Gasteiger partial charge on any atom is -0.462 e. The molecule has 3 unspecified atom stereocenters. The van der Waals surface area contributed by atoms with E-state index in [4.69, 9.17) is 9.47 Å². The lowest BCUT2D eigenvalue weighted by molar-refractivity contribution is -0.245. The number of aliphatic hydroxyl groups excluding tert-OH is 1. The smallest absolute Gasteiger partial charge is 0.302 e. The van der Waals surface area contributed by atoms with Crippen LogP contribution in [0.2, 0.25) is 0 Å². The third kappa shape index (κ3) is 2.60. The Balaban J connectivity index is 1.84. The highest BCUT2D eigenvalue weighted by Crippen LogP contribution is 2.74. The molecule has 0 heterocycles. The van der Waals surface area contributed by atoms with E-state index in [-0.39, 0.29) is 58.1 Å². The van der Waals surface area contributed by atoms with Crippen molar-refractivity contribution in [2.75, 3.05) is 7.11 Å². The zero-order valence-corrected chi connectivity index (χ0v) is 19.8. The number of ketones is 1. The van der Waals surface area contributed by atoms with Crippen molar-refractivity contribution in [2.45, 2.75) is 98.4 Å². The summed E-state index contributed by atoms with van der Waals surface area (Å²) in [6.45, 7) is 12.7. The first-order valence-electron chi connectivity index (χ1n) is 11.8. The molecule has 0 spiro atoms. The molecule has 0 aromatic rings. The van der Waals surface area contributed by atoms with Crippen LogP contribution in [0.3, 0.4) is 0 Å². The lowest BCUT2D eigenvalue weighted by Gasteiger charge is -2.69. The van der Waals surface area contributed by atoms with E-state index < -0.39 is 5.41 Å². The van der Waals surface area contributed by atoms with Crippen LogP contribution in [0.4, 0.5) is 0 Å². The molecule has 4 rings (SSSR count). The van der Waals surface area contributed by atoms with E-state index in [1.165, 1.54) is 6.92 Å². The number of aliphatic hydroxyl groups is 1. The number of hydrogen-bond donors (Lipinski definition) is 1. The first-order chi connectivity index (χ1) is 13.8. The lowest BCUT2D eigenvalue weighted by Crippen LogP contribution is -2.67. The molecule has 30 heavy (non-hydrogen) atoms. The monoisotopic (exact) mass is 420 g/mol. The van der Waals surface area contributed by atoms with Gasteiger partial charge in [-0.3, -0.25) is 9.59 Å². The number of rotatable bonds is 2. The van der Waals surface area contributed by atoms with Gasteiger partial charge in [0.05, 0.1) is 12.2 Å². The van der Waals surface area contributed by atoms with Gasteiger partial charge in [-0.2, -0.15) is 0 Å². The van der Waals surface area contributed by atoms with Gasteiger partial charge < -0.3 is 14.6 Å². The van der Waals surface area contributed by atoms with Crippen LogP contribution >= 0.6 is 0 Å². The second kappa shape index (κ2) is 6.78. The van der Waals surface area contributed by atoms with Crippen LogP contribution in [0.15, 0.2) is 0 Å². The number of fused-ring (bicyclic) bond motifs is 5. The molecule has 0 aliphatic heterocycles. The van der Waals surface area contributed by atoms with E-state index in [0.717, 1.165) is 32.1 Å². The standard InChI is InChI=1S/C25H40O5/c1-14(26)30-16-12-18-23(4)10-9-19(27)22(2,3)17(23)8-11-24(18,5)25(6)20(28)13-15(29-7)21(16)25/h15-19,21,27H,8-13H2,1-7H3/t15-,16-,17?,18?,19+,21?,23+,24-,25-/m1/s1. The first kappa shape index (κ1) is 22.3. The predicted octanol–water partition coefficient (Wildman–Crippen LogP) is 4.15. The molecule has 5 heteroatoms. The van der Waals surface area contributed by atoms with Gasteiger partial charge in [-0.15, -0.1) is 0 Å². The number of methoxy groups -OCH3 is 1. The van der Waals surface area contributed by atoms with Crippen molar-refractivity contribution in [2.24, 2.45) is 39.4 Å². The third-order valence-electron chi connectivity index (χ3n) is 10.7. The fraction of sp³-hybridized carbons (Fsp3) is 0.920. The molecule has 0 aromatic heterocycles. The minimum atomic E-state index is -0.565. The highest BCUT2D eigenvalue weighted by atomic mass is 16.5. The molecule has 4 aliphatic rings. The molecule has 9 atom stereocenters. The maximum absolute atomic E-state index is 13.6. The average Bonchev–Trinajstić information content (AvgIpc) is 2.92. The molecular formula is C25H40O5. The van der Waals surface area contributed by atoms with Gasteiger partial charge >= 0.3 is 5.97 Å². The number of Topliss-reactive ketones (excluding diaryl/α,β-unsaturated/α-hetero) is 1. The fourth-order valence-corrected chi connectivity index (χ4v) is 9.03. The van der Waals surface area contributed by atoms with Gasteiger partial charge in [0.1, 0.15) is 11.9 Å². The number of ether oxygens (including phenoxy) is 2. The summed E-state index contributed by atoms with van der Waals surface area (Å²) in [6, 6.07) is 0. The highest BCUT2D eigenvalue weighted by molar-refractivity contribution is 5.89. The second-order valence-electron chi connectivity index (χ2n) is 12.0. The van der Waals surface area contributed by atoms with Crippen LogP contribution < -0.4 is 0 Å². The van der Waals surface area contributed by atoms with Crippen molar-refractivity contribution in [1.82, 2.24) is 0 Å². The molecule has 1 N–H and O–H groups in total. The van der Waals surface area contributed by atoms with Crippen molar-refractivity contribution in [1.29, 1.82) is 0 Å². The van der Waals surface area contributed by atoms with E-state index in [1.54, 1.807) is 7.11 Å². The van der Waals surface area contributed by atoms with Crippen molar-refractivity contribution in [3.63, 3.8) is 0 Å². The molecule has 170 valence electrons. The Morgan fingerprint density at radius 3 is 2.30 bits per heavy atom. The summed E-state index contributed by atoms with van der Waals surface area (Å²) in [6.07, 6.45) is 4.14. The van der Waals surface area contributed by atoms with Gasteiger partial charge in [0.25, 0.3) is 0 Å². The molecule has 4 aliphatic carbocycles. The summed E-state index contributed by atoms with van der Waals surface area (Å²) in [5.41, 5.74) is -0.876. The van der Waals surface area contributed by atoms with Crippen LogP contribution in [0.25, 0.3) is 0 Å². The van der Waals surface area contributed by atoms with Gasteiger partial charge in [0.15, 0.2) is 0 Å². The van der Waals surface area contributed by atoms with E-state index in [1.807, 2.05) is 0 Å². The van der Waals surface area contributed by atoms with Gasteiger partial charge in [0.2, 0.25) is 0 Å². The largest absolute Gasteiger partial charge is 0.462 e. The molecule has 0 radical (unpaired) electrons. The molecule has 5 nitrogen and oxygen atoms in total.